The lowest BCUT2D eigenvalue weighted by molar-refractivity contribution is 0.758. The Morgan fingerprint density at radius 1 is 1.44 bits per heavy atom. The molecule has 0 aliphatic heterocycles. The molecule has 0 bridgehead atoms. The Kier molecular flexibility index (Phi) is 3.32. The molecule has 18 heavy (non-hydrogen) atoms. The average Bonchev–Trinajstić information content (AvgIpc) is 2.75. The molecule has 5 heteroatoms. The molecular formula is C13H18N4O. The number of hydrogen-bond donors (Lipinski definition) is 1. The molecule has 0 saturated carbocycles. The first kappa shape index (κ1) is 12.5. The molecule has 0 radical (unpaired) electrons. The molecule has 0 saturated heterocycles. The third-order valence-corrected chi connectivity index (χ3v) is 3.02. The summed E-state index contributed by atoms with van der Waals surface area (Å²) >= 11 is 0. The van der Waals surface area contributed by atoms with Gasteiger partial charge < -0.3 is 9.55 Å². The lowest BCUT2D eigenvalue weighted by atomic mass is 10.0. The van der Waals surface area contributed by atoms with Gasteiger partial charge in [-0.1, -0.05) is 13.8 Å². The van der Waals surface area contributed by atoms with Crippen LogP contribution in [-0.4, -0.2) is 19.5 Å². The average molecular weight is 246 g/mol. The second-order valence-corrected chi connectivity index (χ2v) is 4.63. The van der Waals surface area contributed by atoms with Crippen molar-refractivity contribution in [1.82, 2.24) is 19.5 Å². The maximum atomic E-state index is 12.1. The second-order valence-electron chi connectivity index (χ2n) is 4.63. The summed E-state index contributed by atoms with van der Waals surface area (Å²) in [6, 6.07) is 0. The highest BCUT2D eigenvalue weighted by molar-refractivity contribution is 5.49. The summed E-state index contributed by atoms with van der Waals surface area (Å²) in [4.78, 5) is 23.5. The number of rotatable bonds is 3. The van der Waals surface area contributed by atoms with Crippen molar-refractivity contribution in [2.24, 2.45) is 0 Å². The van der Waals surface area contributed by atoms with Gasteiger partial charge in [0, 0.05) is 17.8 Å². The van der Waals surface area contributed by atoms with Gasteiger partial charge in [-0.3, -0.25) is 4.79 Å². The quantitative estimate of drug-likeness (QED) is 0.901. The molecule has 1 N–H and O–H groups in total. The van der Waals surface area contributed by atoms with Gasteiger partial charge in [-0.2, -0.15) is 0 Å². The molecule has 0 unspecified atom stereocenters. The molecular weight excluding hydrogens is 228 g/mol. The number of aromatic amines is 1. The van der Waals surface area contributed by atoms with Crippen molar-refractivity contribution in [3.63, 3.8) is 0 Å². The summed E-state index contributed by atoms with van der Waals surface area (Å²) in [6.07, 6.45) is 3.46. The van der Waals surface area contributed by atoms with Gasteiger partial charge in [-0.05, 0) is 19.8 Å². The van der Waals surface area contributed by atoms with Crippen LogP contribution < -0.4 is 5.56 Å². The van der Waals surface area contributed by atoms with Gasteiger partial charge in [0.25, 0.3) is 5.56 Å². The molecule has 5 nitrogen and oxygen atoms in total. The normalized spacial score (nSPS) is 11.2. The van der Waals surface area contributed by atoms with Gasteiger partial charge >= 0.3 is 0 Å². The molecule has 2 heterocycles. The lowest BCUT2D eigenvalue weighted by Gasteiger charge is -2.10. The van der Waals surface area contributed by atoms with Crippen LogP contribution in [0, 0.1) is 6.92 Å². The first-order chi connectivity index (χ1) is 8.54. The molecule has 0 aromatic carbocycles. The Hall–Kier alpha value is -1.91. The summed E-state index contributed by atoms with van der Waals surface area (Å²) in [5.74, 6) is 0.757. The molecule has 2 aromatic heterocycles. The first-order valence-electron chi connectivity index (χ1n) is 6.15. The third-order valence-electron chi connectivity index (χ3n) is 3.02. The highest BCUT2D eigenvalue weighted by Crippen LogP contribution is 2.17. The standard InChI is InChI=1S/C13H18N4O/c1-5-17-7-14-6-10(17)12-15-9(4)11(8(2)3)13(18)16-12/h6-8H,5H2,1-4H3,(H,15,16,18). The summed E-state index contributed by atoms with van der Waals surface area (Å²) < 4.78 is 1.95. The smallest absolute Gasteiger partial charge is 0.254 e. The van der Waals surface area contributed by atoms with E-state index in [9.17, 15) is 4.79 Å². The molecule has 2 rings (SSSR count). The maximum Gasteiger partial charge on any atom is 0.254 e. The van der Waals surface area contributed by atoms with Crippen molar-refractivity contribution < 1.29 is 0 Å². The predicted octanol–water partition coefficient (Wildman–Crippen LogP) is 2.09. The number of imidazole rings is 1. The van der Waals surface area contributed by atoms with Gasteiger partial charge in [0.15, 0.2) is 5.82 Å². The molecule has 0 spiro atoms. The van der Waals surface area contributed by atoms with Crippen LogP contribution in [-0.2, 0) is 6.54 Å². The molecule has 0 atom stereocenters. The van der Waals surface area contributed by atoms with Crippen molar-refractivity contribution in [3.8, 4) is 11.5 Å². The van der Waals surface area contributed by atoms with Crippen molar-refractivity contribution in [2.75, 3.05) is 0 Å². The van der Waals surface area contributed by atoms with E-state index in [0.29, 0.717) is 5.82 Å². The largest absolute Gasteiger partial charge is 0.328 e. The van der Waals surface area contributed by atoms with E-state index in [1.165, 1.54) is 0 Å². The molecule has 0 aliphatic carbocycles. The number of aromatic nitrogens is 4. The van der Waals surface area contributed by atoms with Crippen LogP contribution in [0.25, 0.3) is 11.5 Å². The van der Waals surface area contributed by atoms with Crippen LogP contribution in [0.1, 0.15) is 37.9 Å². The van der Waals surface area contributed by atoms with E-state index in [1.807, 2.05) is 32.3 Å². The molecule has 0 fully saturated rings. The maximum absolute atomic E-state index is 12.1. The topological polar surface area (TPSA) is 63.6 Å². The van der Waals surface area contributed by atoms with Crippen LogP contribution in [0.5, 0.6) is 0 Å². The molecule has 2 aromatic rings. The zero-order valence-electron chi connectivity index (χ0n) is 11.2. The van der Waals surface area contributed by atoms with Gasteiger partial charge in [0.2, 0.25) is 0 Å². The summed E-state index contributed by atoms with van der Waals surface area (Å²) in [5.41, 5.74) is 2.32. The van der Waals surface area contributed by atoms with Crippen molar-refractivity contribution in [3.05, 3.63) is 34.1 Å². The van der Waals surface area contributed by atoms with E-state index in [-0.39, 0.29) is 11.5 Å². The van der Waals surface area contributed by atoms with E-state index in [4.69, 9.17) is 0 Å². The highest BCUT2D eigenvalue weighted by atomic mass is 16.1. The summed E-state index contributed by atoms with van der Waals surface area (Å²) in [5, 5.41) is 0. The van der Waals surface area contributed by atoms with Crippen LogP contribution in [0.3, 0.4) is 0 Å². The van der Waals surface area contributed by atoms with Crippen LogP contribution in [0.15, 0.2) is 17.3 Å². The van der Waals surface area contributed by atoms with Gasteiger partial charge in [0.05, 0.1) is 12.5 Å². The van der Waals surface area contributed by atoms with Gasteiger partial charge in [-0.15, -0.1) is 0 Å². The first-order valence-corrected chi connectivity index (χ1v) is 6.15. The predicted molar refractivity (Wildman–Crippen MR) is 70.6 cm³/mol. The fourth-order valence-corrected chi connectivity index (χ4v) is 2.17. The minimum Gasteiger partial charge on any atom is -0.328 e. The second kappa shape index (κ2) is 4.76. The Morgan fingerprint density at radius 2 is 2.17 bits per heavy atom. The summed E-state index contributed by atoms with van der Waals surface area (Å²) in [7, 11) is 0. The fourth-order valence-electron chi connectivity index (χ4n) is 2.17. The van der Waals surface area contributed by atoms with Gasteiger partial charge in [0.1, 0.15) is 5.69 Å². The molecule has 96 valence electrons. The minimum atomic E-state index is -0.0589. The van der Waals surface area contributed by atoms with E-state index < -0.39 is 0 Å². The Bertz CT molecular complexity index is 610. The number of H-pyrrole nitrogens is 1. The number of nitrogens with one attached hydrogen (secondary N) is 1. The van der Waals surface area contributed by atoms with Crippen molar-refractivity contribution in [1.29, 1.82) is 0 Å². The van der Waals surface area contributed by atoms with Gasteiger partial charge in [-0.25, -0.2) is 9.97 Å². The van der Waals surface area contributed by atoms with E-state index >= 15 is 0 Å². The van der Waals surface area contributed by atoms with E-state index in [0.717, 1.165) is 23.5 Å². The van der Waals surface area contributed by atoms with E-state index in [1.54, 1.807) is 12.5 Å². The summed E-state index contributed by atoms with van der Waals surface area (Å²) in [6.45, 7) is 8.69. The SMILES string of the molecule is CCn1cncc1-c1nc(C)c(C(C)C)c(=O)[nH]1. The van der Waals surface area contributed by atoms with Crippen LogP contribution in [0.2, 0.25) is 0 Å². The minimum absolute atomic E-state index is 0.0589. The van der Waals surface area contributed by atoms with Crippen molar-refractivity contribution in [2.45, 2.75) is 40.2 Å². The number of hydrogen-bond acceptors (Lipinski definition) is 3. The Labute approximate surface area is 106 Å². The van der Waals surface area contributed by atoms with Crippen LogP contribution >= 0.6 is 0 Å². The monoisotopic (exact) mass is 246 g/mol. The zero-order valence-corrected chi connectivity index (χ0v) is 11.2. The Morgan fingerprint density at radius 3 is 2.72 bits per heavy atom. The zero-order chi connectivity index (χ0) is 13.3. The number of nitrogens with zero attached hydrogens (tertiary/aromatic N) is 3. The highest BCUT2D eigenvalue weighted by Gasteiger charge is 2.14. The molecule has 0 amide bonds. The fraction of sp³-hybridized carbons (Fsp3) is 0.462. The number of aryl methyl sites for hydroxylation is 2. The third kappa shape index (κ3) is 2.08. The van der Waals surface area contributed by atoms with Crippen molar-refractivity contribution >= 4 is 0 Å². The van der Waals surface area contributed by atoms with Crippen LogP contribution in [0.4, 0.5) is 0 Å². The lowest BCUT2D eigenvalue weighted by Crippen LogP contribution is -2.19. The Balaban J connectivity index is 2.59. The molecule has 0 aliphatic rings. The van der Waals surface area contributed by atoms with E-state index in [2.05, 4.69) is 15.0 Å².